The maximum absolute atomic E-state index is 6.75. The van der Waals surface area contributed by atoms with Gasteiger partial charge < -0.3 is 16.0 Å². The molecular formula is C6H15N3. The van der Waals surface area contributed by atoms with Crippen LogP contribution in [0.5, 0.6) is 0 Å². The Labute approximate surface area is 56.3 Å². The molecule has 3 N–H and O–H groups in total. The molecule has 0 aliphatic heterocycles. The Hall–Kier alpha value is -0.410. The highest BCUT2D eigenvalue weighted by atomic mass is 15.1. The second-order valence-electron chi connectivity index (χ2n) is 2.08. The first-order valence-corrected chi connectivity index (χ1v) is 3.18. The Morgan fingerprint density at radius 1 is 1.56 bits per heavy atom. The molecule has 0 atom stereocenters. The third-order valence-electron chi connectivity index (χ3n) is 1.17. The van der Waals surface area contributed by atoms with Gasteiger partial charge in [0.05, 0.1) is 0 Å². The van der Waals surface area contributed by atoms with Crippen molar-refractivity contribution in [2.75, 3.05) is 26.7 Å². The molecule has 0 aromatic heterocycles. The quantitative estimate of drug-likeness (QED) is 0.510. The van der Waals surface area contributed by atoms with Crippen LogP contribution in [-0.2, 0) is 0 Å². The van der Waals surface area contributed by atoms with Gasteiger partial charge in [0.25, 0.3) is 0 Å². The number of nitrogens with two attached hydrogens (primary N) is 1. The fraction of sp³-hybridized carbons (Fsp3) is 0.833. The molecule has 0 heterocycles. The predicted molar refractivity (Wildman–Crippen MR) is 40.0 cm³/mol. The lowest BCUT2D eigenvalue weighted by Crippen LogP contribution is -2.26. The molecule has 54 valence electrons. The Morgan fingerprint density at radius 2 is 2.22 bits per heavy atom. The van der Waals surface area contributed by atoms with Gasteiger partial charge in [-0.05, 0) is 19.7 Å². The topological polar surface area (TPSA) is 53.1 Å². The lowest BCUT2D eigenvalue weighted by Gasteiger charge is -2.12. The summed E-state index contributed by atoms with van der Waals surface area (Å²) in [5.74, 6) is 0. The number of rotatable bonds is 5. The van der Waals surface area contributed by atoms with E-state index in [0.29, 0.717) is 6.54 Å². The standard InChI is InChI=1S/C6H15N3/c1-9(6-4-8)5-2-3-7/h3,7H,2,4-6,8H2,1H3. The highest BCUT2D eigenvalue weighted by Gasteiger charge is 1.91. The molecule has 0 rings (SSSR count). The minimum atomic E-state index is 0.703. The highest BCUT2D eigenvalue weighted by molar-refractivity contribution is 5.52. The molecule has 0 fully saturated rings. The molecule has 0 unspecified atom stereocenters. The third kappa shape index (κ3) is 5.46. The molecule has 0 saturated heterocycles. The molecule has 0 saturated carbocycles. The van der Waals surface area contributed by atoms with Crippen molar-refractivity contribution in [1.29, 1.82) is 5.41 Å². The first kappa shape index (κ1) is 8.59. The highest BCUT2D eigenvalue weighted by Crippen LogP contribution is 1.81. The smallest absolute Gasteiger partial charge is 0.0102 e. The maximum atomic E-state index is 6.75. The van der Waals surface area contributed by atoms with Gasteiger partial charge in [0.2, 0.25) is 0 Å². The molecule has 0 spiro atoms. The fourth-order valence-corrected chi connectivity index (χ4v) is 0.617. The molecule has 0 radical (unpaired) electrons. The number of hydrogen-bond acceptors (Lipinski definition) is 3. The van der Waals surface area contributed by atoms with Crippen LogP contribution in [0, 0.1) is 5.41 Å². The minimum Gasteiger partial charge on any atom is -0.329 e. The van der Waals surface area contributed by atoms with Gasteiger partial charge in [0, 0.05) is 19.6 Å². The summed E-state index contributed by atoms with van der Waals surface area (Å²) in [4.78, 5) is 2.12. The summed E-state index contributed by atoms with van der Waals surface area (Å²) in [6, 6.07) is 0. The molecule has 0 bridgehead atoms. The van der Waals surface area contributed by atoms with E-state index in [4.69, 9.17) is 11.1 Å². The molecule has 0 amide bonds. The van der Waals surface area contributed by atoms with Crippen molar-refractivity contribution in [1.82, 2.24) is 4.90 Å². The van der Waals surface area contributed by atoms with Gasteiger partial charge in [-0.25, -0.2) is 0 Å². The number of hydrogen-bond donors (Lipinski definition) is 2. The summed E-state index contributed by atoms with van der Waals surface area (Å²) < 4.78 is 0. The van der Waals surface area contributed by atoms with E-state index in [1.54, 1.807) is 0 Å². The Kier molecular flexibility index (Phi) is 5.46. The first-order valence-electron chi connectivity index (χ1n) is 3.18. The molecule has 0 aromatic carbocycles. The first-order chi connectivity index (χ1) is 4.31. The Balaban J connectivity index is 3.04. The SMILES string of the molecule is CN(CCN)CCC=N. The van der Waals surface area contributed by atoms with Crippen LogP contribution >= 0.6 is 0 Å². The average Bonchev–Trinajstić information content (AvgIpc) is 1.85. The van der Waals surface area contributed by atoms with E-state index in [2.05, 4.69) is 4.90 Å². The normalized spacial score (nSPS) is 10.1. The van der Waals surface area contributed by atoms with Crippen molar-refractivity contribution in [2.24, 2.45) is 5.73 Å². The van der Waals surface area contributed by atoms with Gasteiger partial charge in [-0.15, -0.1) is 0 Å². The van der Waals surface area contributed by atoms with E-state index in [1.165, 1.54) is 6.21 Å². The second-order valence-corrected chi connectivity index (χ2v) is 2.08. The van der Waals surface area contributed by atoms with Crippen LogP contribution in [0.2, 0.25) is 0 Å². The van der Waals surface area contributed by atoms with Crippen molar-refractivity contribution in [2.45, 2.75) is 6.42 Å². The van der Waals surface area contributed by atoms with Gasteiger partial charge in [0.1, 0.15) is 0 Å². The summed E-state index contributed by atoms with van der Waals surface area (Å²) >= 11 is 0. The summed E-state index contributed by atoms with van der Waals surface area (Å²) in [5, 5.41) is 6.75. The van der Waals surface area contributed by atoms with E-state index < -0.39 is 0 Å². The van der Waals surface area contributed by atoms with Crippen LogP contribution in [-0.4, -0.2) is 37.8 Å². The molecule has 9 heavy (non-hydrogen) atoms. The Bertz CT molecular complexity index is 72.7. The van der Waals surface area contributed by atoms with E-state index in [0.717, 1.165) is 19.5 Å². The second kappa shape index (κ2) is 5.72. The molecular weight excluding hydrogens is 114 g/mol. The van der Waals surface area contributed by atoms with Crippen LogP contribution < -0.4 is 5.73 Å². The maximum Gasteiger partial charge on any atom is 0.0102 e. The van der Waals surface area contributed by atoms with Crippen molar-refractivity contribution < 1.29 is 0 Å². The number of nitrogens with one attached hydrogen (secondary N) is 1. The third-order valence-corrected chi connectivity index (χ3v) is 1.17. The number of likely N-dealkylation sites (N-methyl/N-ethyl adjacent to an activating group) is 1. The molecule has 3 heteroatoms. The van der Waals surface area contributed by atoms with Crippen molar-refractivity contribution in [3.05, 3.63) is 0 Å². The predicted octanol–water partition coefficient (Wildman–Crippen LogP) is -0.0834. The zero-order valence-electron chi connectivity index (χ0n) is 5.93. The van der Waals surface area contributed by atoms with Crippen LogP contribution in [0.4, 0.5) is 0 Å². The van der Waals surface area contributed by atoms with Crippen LogP contribution in [0.15, 0.2) is 0 Å². The van der Waals surface area contributed by atoms with Gasteiger partial charge in [-0.1, -0.05) is 0 Å². The van der Waals surface area contributed by atoms with E-state index in [1.807, 2.05) is 7.05 Å². The van der Waals surface area contributed by atoms with Crippen molar-refractivity contribution in [3.8, 4) is 0 Å². The monoisotopic (exact) mass is 129 g/mol. The fourth-order valence-electron chi connectivity index (χ4n) is 0.617. The molecule has 3 nitrogen and oxygen atoms in total. The largest absolute Gasteiger partial charge is 0.329 e. The van der Waals surface area contributed by atoms with Gasteiger partial charge in [0.15, 0.2) is 0 Å². The summed E-state index contributed by atoms with van der Waals surface area (Å²) in [5.41, 5.74) is 5.30. The zero-order valence-corrected chi connectivity index (χ0v) is 5.93. The number of nitrogens with zero attached hydrogens (tertiary/aromatic N) is 1. The molecule has 0 aromatic rings. The van der Waals surface area contributed by atoms with Crippen LogP contribution in [0.3, 0.4) is 0 Å². The lowest BCUT2D eigenvalue weighted by atomic mass is 10.4. The van der Waals surface area contributed by atoms with E-state index in [9.17, 15) is 0 Å². The lowest BCUT2D eigenvalue weighted by molar-refractivity contribution is 0.355. The Morgan fingerprint density at radius 3 is 2.67 bits per heavy atom. The minimum absolute atomic E-state index is 0.703. The average molecular weight is 129 g/mol. The van der Waals surface area contributed by atoms with Crippen LogP contribution in [0.1, 0.15) is 6.42 Å². The summed E-state index contributed by atoms with van der Waals surface area (Å²) in [6.45, 7) is 2.57. The van der Waals surface area contributed by atoms with E-state index in [-0.39, 0.29) is 0 Å². The molecule has 0 aliphatic rings. The van der Waals surface area contributed by atoms with Gasteiger partial charge in [-0.3, -0.25) is 0 Å². The van der Waals surface area contributed by atoms with Crippen LogP contribution in [0.25, 0.3) is 0 Å². The summed E-state index contributed by atoms with van der Waals surface area (Å²) in [6.07, 6.45) is 2.25. The van der Waals surface area contributed by atoms with Gasteiger partial charge in [-0.2, -0.15) is 0 Å². The van der Waals surface area contributed by atoms with Gasteiger partial charge >= 0.3 is 0 Å². The van der Waals surface area contributed by atoms with Crippen molar-refractivity contribution >= 4 is 6.21 Å². The zero-order chi connectivity index (χ0) is 7.11. The summed E-state index contributed by atoms with van der Waals surface area (Å²) in [7, 11) is 2.01. The van der Waals surface area contributed by atoms with E-state index >= 15 is 0 Å². The molecule has 0 aliphatic carbocycles. The van der Waals surface area contributed by atoms with Crippen molar-refractivity contribution in [3.63, 3.8) is 0 Å².